The van der Waals surface area contributed by atoms with E-state index in [0.717, 1.165) is 0 Å². The smallest absolute Gasteiger partial charge is 0.246 e. The first-order valence-corrected chi connectivity index (χ1v) is 4.07. The summed E-state index contributed by atoms with van der Waals surface area (Å²) in [6.45, 7) is -0.192. The molecule has 0 aromatic carbocycles. The molecule has 0 N–H and O–H groups in total. The van der Waals surface area contributed by atoms with Gasteiger partial charge in [-0.3, -0.25) is 10.1 Å². The van der Waals surface area contributed by atoms with Gasteiger partial charge in [0.1, 0.15) is 5.69 Å². The SMILES string of the molecule is O=[N+]([O-])Cc1csc(Br)n1. The van der Waals surface area contributed by atoms with Crippen molar-refractivity contribution in [3.05, 3.63) is 25.1 Å². The minimum Gasteiger partial charge on any atom is -0.264 e. The minimum atomic E-state index is -0.401. The first-order valence-electron chi connectivity index (χ1n) is 2.40. The average Bonchev–Trinajstić information content (AvgIpc) is 2.13. The predicted molar refractivity (Wildman–Crippen MR) is 40.5 cm³/mol. The quantitative estimate of drug-likeness (QED) is 0.566. The highest BCUT2D eigenvalue weighted by Gasteiger charge is 2.04. The van der Waals surface area contributed by atoms with Crippen molar-refractivity contribution < 1.29 is 4.92 Å². The molecule has 0 saturated heterocycles. The van der Waals surface area contributed by atoms with Gasteiger partial charge in [0.15, 0.2) is 3.92 Å². The Labute approximate surface area is 69.2 Å². The minimum absolute atomic E-state index is 0.192. The van der Waals surface area contributed by atoms with Gasteiger partial charge in [0.25, 0.3) is 0 Å². The summed E-state index contributed by atoms with van der Waals surface area (Å²) in [7, 11) is 0. The highest BCUT2D eigenvalue weighted by atomic mass is 79.9. The van der Waals surface area contributed by atoms with E-state index in [1.54, 1.807) is 5.38 Å². The fourth-order valence-corrected chi connectivity index (χ4v) is 1.53. The molecule has 6 heteroatoms. The highest BCUT2D eigenvalue weighted by molar-refractivity contribution is 9.11. The summed E-state index contributed by atoms with van der Waals surface area (Å²) in [4.78, 5) is 13.4. The third kappa shape index (κ3) is 2.03. The number of hydrogen-bond donors (Lipinski definition) is 0. The molecule has 0 atom stereocenters. The molecule has 0 radical (unpaired) electrons. The number of hydrogen-bond acceptors (Lipinski definition) is 4. The van der Waals surface area contributed by atoms with Crippen LogP contribution >= 0.6 is 27.3 Å². The van der Waals surface area contributed by atoms with Gasteiger partial charge in [-0.15, -0.1) is 11.3 Å². The molecule has 0 spiro atoms. The van der Waals surface area contributed by atoms with Crippen molar-refractivity contribution in [2.45, 2.75) is 6.54 Å². The number of rotatable bonds is 2. The number of nitrogens with zero attached hydrogens (tertiary/aromatic N) is 2. The molecule has 0 saturated carbocycles. The second kappa shape index (κ2) is 3.07. The molecule has 1 aromatic heterocycles. The van der Waals surface area contributed by atoms with Crippen molar-refractivity contribution >= 4 is 27.3 Å². The van der Waals surface area contributed by atoms with Gasteiger partial charge in [0, 0.05) is 10.3 Å². The molecule has 0 aliphatic heterocycles. The van der Waals surface area contributed by atoms with Crippen LogP contribution in [-0.4, -0.2) is 9.91 Å². The maximum absolute atomic E-state index is 9.93. The molecular weight excluding hydrogens is 220 g/mol. The van der Waals surface area contributed by atoms with E-state index in [-0.39, 0.29) is 6.54 Å². The van der Waals surface area contributed by atoms with Crippen molar-refractivity contribution in [3.63, 3.8) is 0 Å². The Hall–Kier alpha value is -0.490. The van der Waals surface area contributed by atoms with Crippen molar-refractivity contribution in [1.29, 1.82) is 0 Å². The summed E-state index contributed by atoms with van der Waals surface area (Å²) in [6, 6.07) is 0. The first kappa shape index (κ1) is 7.62. The lowest BCUT2D eigenvalue weighted by Gasteiger charge is -1.84. The van der Waals surface area contributed by atoms with Crippen molar-refractivity contribution in [3.8, 4) is 0 Å². The normalized spacial score (nSPS) is 9.70. The Balaban J connectivity index is 2.67. The third-order valence-corrected chi connectivity index (χ3v) is 2.23. The van der Waals surface area contributed by atoms with Crippen LogP contribution in [0.1, 0.15) is 5.69 Å². The molecule has 0 unspecified atom stereocenters. The maximum Gasteiger partial charge on any atom is 0.246 e. The molecule has 1 heterocycles. The lowest BCUT2D eigenvalue weighted by atomic mass is 10.5. The molecule has 0 aliphatic rings. The fraction of sp³-hybridized carbons (Fsp3) is 0.250. The maximum atomic E-state index is 9.93. The van der Waals surface area contributed by atoms with E-state index in [4.69, 9.17) is 0 Å². The topological polar surface area (TPSA) is 56.0 Å². The second-order valence-corrected chi connectivity index (χ2v) is 3.72. The van der Waals surface area contributed by atoms with Crippen LogP contribution in [0.5, 0.6) is 0 Å². The van der Waals surface area contributed by atoms with Crippen LogP contribution in [0.15, 0.2) is 9.30 Å². The second-order valence-electron chi connectivity index (χ2n) is 1.58. The van der Waals surface area contributed by atoms with E-state index in [9.17, 15) is 10.1 Å². The van der Waals surface area contributed by atoms with Gasteiger partial charge in [0.2, 0.25) is 6.54 Å². The van der Waals surface area contributed by atoms with E-state index >= 15 is 0 Å². The molecule has 4 nitrogen and oxygen atoms in total. The van der Waals surface area contributed by atoms with Crippen molar-refractivity contribution in [2.24, 2.45) is 0 Å². The van der Waals surface area contributed by atoms with Gasteiger partial charge >= 0.3 is 0 Å². The standard InChI is InChI=1S/C4H3BrN2O2S/c5-4-6-3(2-10-4)1-7(8)9/h2H,1H2. The summed E-state index contributed by atoms with van der Waals surface area (Å²) in [5.74, 6) is 0. The Bertz CT molecular complexity index is 249. The highest BCUT2D eigenvalue weighted by Crippen LogP contribution is 2.15. The zero-order valence-corrected chi connectivity index (χ0v) is 7.18. The lowest BCUT2D eigenvalue weighted by molar-refractivity contribution is -0.497. The Morgan fingerprint density at radius 2 is 2.60 bits per heavy atom. The fourth-order valence-electron chi connectivity index (χ4n) is 0.487. The van der Waals surface area contributed by atoms with Crippen LogP contribution in [0.25, 0.3) is 0 Å². The molecular formula is C4H3BrN2O2S. The predicted octanol–water partition coefficient (Wildman–Crippen LogP) is 1.68. The molecule has 0 amide bonds. The van der Waals surface area contributed by atoms with Gasteiger partial charge in [-0.05, 0) is 15.9 Å². The molecule has 1 rings (SSSR count). The average molecular weight is 223 g/mol. The van der Waals surface area contributed by atoms with Crippen LogP contribution in [-0.2, 0) is 6.54 Å². The Kier molecular flexibility index (Phi) is 2.34. The molecule has 0 bridgehead atoms. The Morgan fingerprint density at radius 1 is 1.90 bits per heavy atom. The first-order chi connectivity index (χ1) is 4.68. The summed E-state index contributed by atoms with van der Waals surface area (Å²) < 4.78 is 0.685. The van der Waals surface area contributed by atoms with Crippen LogP contribution < -0.4 is 0 Å². The lowest BCUT2D eigenvalue weighted by Crippen LogP contribution is -1.97. The van der Waals surface area contributed by atoms with E-state index in [1.165, 1.54) is 11.3 Å². The van der Waals surface area contributed by atoms with Crippen LogP contribution in [0.3, 0.4) is 0 Å². The monoisotopic (exact) mass is 222 g/mol. The summed E-state index contributed by atoms with van der Waals surface area (Å²) in [5.41, 5.74) is 0.502. The van der Waals surface area contributed by atoms with Crippen LogP contribution in [0.2, 0.25) is 0 Å². The number of aromatic nitrogens is 1. The summed E-state index contributed by atoms with van der Waals surface area (Å²) in [6.07, 6.45) is 0. The van der Waals surface area contributed by atoms with Crippen molar-refractivity contribution in [1.82, 2.24) is 4.98 Å². The van der Waals surface area contributed by atoms with E-state index < -0.39 is 4.92 Å². The molecule has 1 aromatic rings. The largest absolute Gasteiger partial charge is 0.264 e. The van der Waals surface area contributed by atoms with Crippen LogP contribution in [0.4, 0.5) is 0 Å². The van der Waals surface area contributed by atoms with Crippen LogP contribution in [0, 0.1) is 10.1 Å². The number of nitro groups is 1. The summed E-state index contributed by atoms with van der Waals surface area (Å²) >= 11 is 4.45. The van der Waals surface area contributed by atoms with Gasteiger partial charge in [-0.1, -0.05) is 0 Å². The number of thiazole rings is 1. The summed E-state index contributed by atoms with van der Waals surface area (Å²) in [5, 5.41) is 11.6. The van der Waals surface area contributed by atoms with Gasteiger partial charge < -0.3 is 0 Å². The molecule has 54 valence electrons. The Morgan fingerprint density at radius 3 is 3.00 bits per heavy atom. The van der Waals surface area contributed by atoms with E-state index in [1.807, 2.05) is 0 Å². The molecule has 0 aliphatic carbocycles. The third-order valence-electron chi connectivity index (χ3n) is 0.815. The van der Waals surface area contributed by atoms with Gasteiger partial charge in [-0.25, -0.2) is 4.98 Å². The number of halogens is 1. The van der Waals surface area contributed by atoms with E-state index in [0.29, 0.717) is 9.61 Å². The van der Waals surface area contributed by atoms with E-state index in [2.05, 4.69) is 20.9 Å². The zero-order valence-electron chi connectivity index (χ0n) is 4.78. The van der Waals surface area contributed by atoms with Crippen molar-refractivity contribution in [2.75, 3.05) is 0 Å². The van der Waals surface area contributed by atoms with Gasteiger partial charge in [0.05, 0.1) is 0 Å². The zero-order chi connectivity index (χ0) is 7.56. The van der Waals surface area contributed by atoms with Gasteiger partial charge in [-0.2, -0.15) is 0 Å². The molecule has 0 fully saturated rings. The molecule has 10 heavy (non-hydrogen) atoms.